The van der Waals surface area contributed by atoms with Gasteiger partial charge in [0, 0.05) is 13.1 Å². The molecule has 0 unspecified atom stereocenters. The highest BCUT2D eigenvalue weighted by Crippen LogP contribution is 2.38. The molecule has 0 aromatic heterocycles. The van der Waals surface area contributed by atoms with E-state index < -0.39 is 5.41 Å². The molecule has 1 aliphatic rings. The molecule has 0 saturated carbocycles. The highest BCUT2D eigenvalue weighted by molar-refractivity contribution is 5.79. The van der Waals surface area contributed by atoms with Crippen LogP contribution in [0.5, 0.6) is 0 Å². The Kier molecular flexibility index (Phi) is 6.23. The van der Waals surface area contributed by atoms with E-state index in [0.29, 0.717) is 19.7 Å². The fourth-order valence-electron chi connectivity index (χ4n) is 3.20. The molecular weight excluding hydrogens is 306 g/mol. The molecule has 0 bridgehead atoms. The molecule has 1 aromatic carbocycles. The summed E-state index contributed by atoms with van der Waals surface area (Å²) in [7, 11) is 0. The number of piperidine rings is 1. The number of ether oxygens (including phenoxy) is 2. The SMILES string of the molecule is CCOC(=O)[C@@]1(C(C)C)CCCN(C(=O)OCc2ccccc2)C1. The Morgan fingerprint density at radius 2 is 1.92 bits per heavy atom. The third-order valence-corrected chi connectivity index (χ3v) is 4.77. The topological polar surface area (TPSA) is 55.8 Å². The monoisotopic (exact) mass is 333 g/mol. The first-order chi connectivity index (χ1) is 11.5. The van der Waals surface area contributed by atoms with Crippen LogP contribution in [0.3, 0.4) is 0 Å². The number of likely N-dealkylation sites (tertiary alicyclic amines) is 1. The molecule has 0 radical (unpaired) electrons. The number of hydrogen-bond acceptors (Lipinski definition) is 4. The summed E-state index contributed by atoms with van der Waals surface area (Å²) in [4.78, 5) is 26.6. The van der Waals surface area contributed by atoms with Gasteiger partial charge in [-0.2, -0.15) is 0 Å². The van der Waals surface area contributed by atoms with E-state index in [1.165, 1.54) is 0 Å². The molecule has 1 atom stereocenters. The molecule has 1 amide bonds. The summed E-state index contributed by atoms with van der Waals surface area (Å²) >= 11 is 0. The van der Waals surface area contributed by atoms with Crippen molar-refractivity contribution in [1.82, 2.24) is 4.90 Å². The first kappa shape index (κ1) is 18.3. The Morgan fingerprint density at radius 3 is 2.54 bits per heavy atom. The summed E-state index contributed by atoms with van der Waals surface area (Å²) in [6.07, 6.45) is 1.15. The molecule has 1 aromatic rings. The molecule has 1 aliphatic heterocycles. The van der Waals surface area contributed by atoms with Crippen molar-refractivity contribution in [3.8, 4) is 0 Å². The van der Waals surface area contributed by atoms with E-state index in [0.717, 1.165) is 18.4 Å². The Morgan fingerprint density at radius 1 is 1.21 bits per heavy atom. The molecule has 1 heterocycles. The lowest BCUT2D eigenvalue weighted by Crippen LogP contribution is -2.53. The van der Waals surface area contributed by atoms with Crippen LogP contribution >= 0.6 is 0 Å². The first-order valence-electron chi connectivity index (χ1n) is 8.62. The van der Waals surface area contributed by atoms with Gasteiger partial charge in [-0.1, -0.05) is 44.2 Å². The van der Waals surface area contributed by atoms with E-state index in [9.17, 15) is 9.59 Å². The van der Waals surface area contributed by atoms with Gasteiger partial charge in [-0.05, 0) is 31.2 Å². The minimum absolute atomic E-state index is 0.0984. The average Bonchev–Trinajstić information content (AvgIpc) is 2.60. The summed E-state index contributed by atoms with van der Waals surface area (Å²) in [6, 6.07) is 9.58. The lowest BCUT2D eigenvalue weighted by molar-refractivity contribution is -0.162. The third kappa shape index (κ3) is 4.08. The maximum atomic E-state index is 12.5. The minimum atomic E-state index is -0.639. The molecule has 0 spiro atoms. The highest BCUT2D eigenvalue weighted by Gasteiger charge is 2.47. The first-order valence-corrected chi connectivity index (χ1v) is 8.62. The number of amides is 1. The van der Waals surface area contributed by atoms with Crippen LogP contribution in [-0.2, 0) is 20.9 Å². The summed E-state index contributed by atoms with van der Waals surface area (Å²) in [5, 5.41) is 0. The number of esters is 1. The predicted octanol–water partition coefficient (Wildman–Crippen LogP) is 3.62. The quantitative estimate of drug-likeness (QED) is 0.772. The van der Waals surface area contributed by atoms with Gasteiger partial charge in [0.15, 0.2) is 0 Å². The molecule has 24 heavy (non-hydrogen) atoms. The zero-order chi connectivity index (χ0) is 17.6. The van der Waals surface area contributed by atoms with Crippen molar-refractivity contribution in [3.63, 3.8) is 0 Å². The Balaban J connectivity index is 2.02. The van der Waals surface area contributed by atoms with Crippen LogP contribution in [0.4, 0.5) is 4.79 Å². The predicted molar refractivity (Wildman–Crippen MR) is 91.3 cm³/mol. The second kappa shape index (κ2) is 8.18. The average molecular weight is 333 g/mol. The summed E-state index contributed by atoms with van der Waals surface area (Å²) < 4.78 is 10.7. The second-order valence-electron chi connectivity index (χ2n) is 6.60. The number of carbonyl (C=O) groups is 2. The minimum Gasteiger partial charge on any atom is -0.466 e. The van der Waals surface area contributed by atoms with Crippen LogP contribution < -0.4 is 0 Å². The van der Waals surface area contributed by atoms with Crippen molar-refractivity contribution >= 4 is 12.1 Å². The van der Waals surface area contributed by atoms with Crippen molar-refractivity contribution < 1.29 is 19.1 Å². The highest BCUT2D eigenvalue weighted by atomic mass is 16.6. The van der Waals surface area contributed by atoms with Gasteiger partial charge in [-0.25, -0.2) is 4.79 Å². The second-order valence-corrected chi connectivity index (χ2v) is 6.60. The Hall–Kier alpha value is -2.04. The molecule has 0 N–H and O–H groups in total. The van der Waals surface area contributed by atoms with Gasteiger partial charge >= 0.3 is 12.1 Å². The largest absolute Gasteiger partial charge is 0.466 e. The number of benzene rings is 1. The van der Waals surface area contributed by atoms with Gasteiger partial charge in [-0.3, -0.25) is 4.79 Å². The molecule has 0 aliphatic carbocycles. The number of hydrogen-bond donors (Lipinski definition) is 0. The van der Waals surface area contributed by atoms with E-state index in [4.69, 9.17) is 9.47 Å². The Labute approximate surface area is 143 Å². The van der Waals surface area contributed by atoms with Crippen LogP contribution in [-0.4, -0.2) is 36.7 Å². The molecule has 5 nitrogen and oxygen atoms in total. The van der Waals surface area contributed by atoms with Crippen LogP contribution in [0, 0.1) is 11.3 Å². The Bertz CT molecular complexity index is 558. The van der Waals surface area contributed by atoms with Gasteiger partial charge in [0.1, 0.15) is 6.61 Å². The van der Waals surface area contributed by atoms with Gasteiger partial charge in [-0.15, -0.1) is 0 Å². The van der Waals surface area contributed by atoms with Crippen molar-refractivity contribution in [2.24, 2.45) is 11.3 Å². The fraction of sp³-hybridized carbons (Fsp3) is 0.579. The third-order valence-electron chi connectivity index (χ3n) is 4.77. The van der Waals surface area contributed by atoms with Crippen LogP contribution in [0.15, 0.2) is 30.3 Å². The fourth-order valence-corrected chi connectivity index (χ4v) is 3.20. The maximum absolute atomic E-state index is 12.5. The zero-order valence-corrected chi connectivity index (χ0v) is 14.8. The van der Waals surface area contributed by atoms with Crippen molar-refractivity contribution in [2.45, 2.75) is 40.2 Å². The maximum Gasteiger partial charge on any atom is 0.410 e. The smallest absolute Gasteiger partial charge is 0.410 e. The van der Waals surface area contributed by atoms with Crippen LogP contribution in [0.1, 0.15) is 39.2 Å². The molecule has 5 heteroatoms. The summed E-state index contributed by atoms with van der Waals surface area (Å²) in [6.45, 7) is 7.39. The molecule has 1 saturated heterocycles. The van der Waals surface area contributed by atoms with Crippen molar-refractivity contribution in [2.75, 3.05) is 19.7 Å². The molecule has 2 rings (SSSR count). The normalized spacial score (nSPS) is 20.8. The van der Waals surface area contributed by atoms with E-state index in [-0.39, 0.29) is 24.6 Å². The van der Waals surface area contributed by atoms with Crippen LogP contribution in [0.2, 0.25) is 0 Å². The van der Waals surface area contributed by atoms with Gasteiger partial charge in [0.25, 0.3) is 0 Å². The van der Waals surface area contributed by atoms with Crippen molar-refractivity contribution in [1.29, 1.82) is 0 Å². The standard InChI is InChI=1S/C19H27NO4/c1-4-23-17(21)19(15(2)3)11-8-12-20(14-19)18(22)24-13-16-9-6-5-7-10-16/h5-7,9-10,15H,4,8,11-14H2,1-3H3/t19-/m0/s1. The van der Waals surface area contributed by atoms with Gasteiger partial charge < -0.3 is 14.4 Å². The number of carbonyl (C=O) groups excluding carboxylic acids is 2. The lowest BCUT2D eigenvalue weighted by atomic mass is 9.71. The van der Waals surface area contributed by atoms with E-state index in [2.05, 4.69) is 0 Å². The lowest BCUT2D eigenvalue weighted by Gasteiger charge is -2.42. The van der Waals surface area contributed by atoms with E-state index in [1.807, 2.05) is 44.2 Å². The number of nitrogens with zero attached hydrogens (tertiary/aromatic N) is 1. The van der Waals surface area contributed by atoms with E-state index >= 15 is 0 Å². The molecular formula is C19H27NO4. The summed E-state index contributed by atoms with van der Waals surface area (Å²) in [5.74, 6) is -0.109. The molecule has 1 fully saturated rings. The zero-order valence-electron chi connectivity index (χ0n) is 14.8. The van der Waals surface area contributed by atoms with E-state index in [1.54, 1.807) is 11.8 Å². The van der Waals surface area contributed by atoms with Gasteiger partial charge in [0.05, 0.1) is 12.0 Å². The van der Waals surface area contributed by atoms with Crippen LogP contribution in [0.25, 0.3) is 0 Å². The van der Waals surface area contributed by atoms with Crippen molar-refractivity contribution in [3.05, 3.63) is 35.9 Å². The molecule has 132 valence electrons. The summed E-state index contributed by atoms with van der Waals surface area (Å²) in [5.41, 5.74) is 0.309. The van der Waals surface area contributed by atoms with Gasteiger partial charge in [0.2, 0.25) is 0 Å². The number of rotatable bonds is 5.